The Balaban J connectivity index is 2.24. The number of nitrogens with two attached hydrogens (primary N) is 1. The molecule has 0 aromatic heterocycles. The standard InChI is InChI=1S/C15H14BrFN2O2/c1-19(8-9-4-2-3-5-14(9)20)15(21)10-6-13(18)12(17)7-11(10)16/h2-7,20H,8,18H2,1H3. The molecule has 0 aliphatic carbocycles. The largest absolute Gasteiger partial charge is 0.508 e. The third-order valence-corrected chi connectivity index (χ3v) is 3.72. The second-order valence-corrected chi connectivity index (χ2v) is 5.50. The molecule has 0 aliphatic heterocycles. The highest BCUT2D eigenvalue weighted by molar-refractivity contribution is 9.10. The molecular formula is C15H14BrFN2O2. The molecule has 0 aliphatic rings. The predicted molar refractivity (Wildman–Crippen MR) is 82.4 cm³/mol. The molecule has 3 N–H and O–H groups in total. The molecule has 110 valence electrons. The van der Waals surface area contributed by atoms with Crippen LogP contribution in [-0.2, 0) is 6.54 Å². The summed E-state index contributed by atoms with van der Waals surface area (Å²) in [6.45, 7) is 0.231. The van der Waals surface area contributed by atoms with Gasteiger partial charge in [0.15, 0.2) is 0 Å². The lowest BCUT2D eigenvalue weighted by Gasteiger charge is -2.19. The van der Waals surface area contributed by atoms with E-state index in [0.29, 0.717) is 10.0 Å². The van der Waals surface area contributed by atoms with Gasteiger partial charge in [-0.2, -0.15) is 0 Å². The van der Waals surface area contributed by atoms with Crippen molar-refractivity contribution in [2.24, 2.45) is 0 Å². The fourth-order valence-electron chi connectivity index (χ4n) is 1.91. The third kappa shape index (κ3) is 3.33. The maximum atomic E-state index is 13.3. The molecule has 0 radical (unpaired) electrons. The number of carbonyl (C=O) groups is 1. The SMILES string of the molecule is CN(Cc1ccccc1O)C(=O)c1cc(N)c(F)cc1Br. The molecule has 1 amide bonds. The zero-order chi connectivity index (χ0) is 15.6. The third-order valence-electron chi connectivity index (χ3n) is 3.06. The first kappa shape index (κ1) is 15.3. The second-order valence-electron chi connectivity index (χ2n) is 4.64. The summed E-state index contributed by atoms with van der Waals surface area (Å²) in [4.78, 5) is 13.8. The van der Waals surface area contributed by atoms with E-state index < -0.39 is 5.82 Å². The molecule has 2 rings (SSSR count). The number of hydrogen-bond acceptors (Lipinski definition) is 3. The number of benzene rings is 2. The summed E-state index contributed by atoms with van der Waals surface area (Å²) >= 11 is 3.16. The minimum Gasteiger partial charge on any atom is -0.508 e. The van der Waals surface area contributed by atoms with Gasteiger partial charge in [0, 0.05) is 23.6 Å². The Morgan fingerprint density at radius 2 is 2.05 bits per heavy atom. The molecule has 4 nitrogen and oxygen atoms in total. The predicted octanol–water partition coefficient (Wildman–Crippen LogP) is 3.15. The summed E-state index contributed by atoms with van der Waals surface area (Å²) in [7, 11) is 1.60. The van der Waals surface area contributed by atoms with Crippen LogP contribution in [0.25, 0.3) is 0 Å². The number of carbonyl (C=O) groups excluding carboxylic acids is 1. The molecular weight excluding hydrogens is 339 g/mol. The number of nitrogens with zero attached hydrogens (tertiary/aromatic N) is 1. The number of halogens is 2. The van der Waals surface area contributed by atoms with E-state index >= 15 is 0 Å². The van der Waals surface area contributed by atoms with Crippen LogP contribution < -0.4 is 5.73 Å². The summed E-state index contributed by atoms with van der Waals surface area (Å²) in [5.41, 5.74) is 6.31. The van der Waals surface area contributed by atoms with Crippen molar-refractivity contribution in [3.05, 3.63) is 57.8 Å². The van der Waals surface area contributed by atoms with E-state index in [0.717, 1.165) is 6.07 Å². The minimum absolute atomic E-state index is 0.0856. The van der Waals surface area contributed by atoms with Gasteiger partial charge in [0.25, 0.3) is 5.91 Å². The van der Waals surface area contributed by atoms with E-state index in [1.165, 1.54) is 11.0 Å². The second kappa shape index (κ2) is 6.13. The highest BCUT2D eigenvalue weighted by atomic mass is 79.9. The van der Waals surface area contributed by atoms with E-state index in [2.05, 4.69) is 15.9 Å². The number of amides is 1. The van der Waals surface area contributed by atoms with E-state index in [9.17, 15) is 14.3 Å². The highest BCUT2D eigenvalue weighted by Crippen LogP contribution is 2.25. The molecule has 6 heteroatoms. The van der Waals surface area contributed by atoms with E-state index in [1.54, 1.807) is 31.3 Å². The van der Waals surface area contributed by atoms with Crippen LogP contribution in [-0.4, -0.2) is 23.0 Å². The van der Waals surface area contributed by atoms with Crippen molar-refractivity contribution >= 4 is 27.5 Å². The molecule has 0 spiro atoms. The molecule has 0 atom stereocenters. The average Bonchev–Trinajstić information content (AvgIpc) is 2.44. The van der Waals surface area contributed by atoms with Crippen molar-refractivity contribution in [2.45, 2.75) is 6.54 Å². The average molecular weight is 353 g/mol. The Bertz CT molecular complexity index is 691. The quantitative estimate of drug-likeness (QED) is 0.833. The van der Waals surface area contributed by atoms with E-state index in [1.807, 2.05) is 0 Å². The molecule has 0 unspecified atom stereocenters. The number of aromatic hydroxyl groups is 1. The lowest BCUT2D eigenvalue weighted by Crippen LogP contribution is -2.26. The van der Waals surface area contributed by atoms with Gasteiger partial charge in [0.05, 0.1) is 11.3 Å². The number of phenolic OH excluding ortho intramolecular Hbond substituents is 1. The molecule has 0 fully saturated rings. The number of hydrogen-bond donors (Lipinski definition) is 2. The summed E-state index contributed by atoms with van der Waals surface area (Å²) < 4.78 is 13.6. The van der Waals surface area contributed by atoms with Crippen LogP contribution >= 0.6 is 15.9 Å². The smallest absolute Gasteiger partial charge is 0.255 e. The van der Waals surface area contributed by atoms with Crippen LogP contribution in [0.15, 0.2) is 40.9 Å². The lowest BCUT2D eigenvalue weighted by molar-refractivity contribution is 0.0783. The minimum atomic E-state index is -0.582. The van der Waals surface area contributed by atoms with Gasteiger partial charge in [-0.25, -0.2) is 4.39 Å². The molecule has 0 bridgehead atoms. The Morgan fingerprint density at radius 3 is 2.71 bits per heavy atom. The van der Waals surface area contributed by atoms with Crippen LogP contribution in [0.2, 0.25) is 0 Å². The normalized spacial score (nSPS) is 10.4. The fraction of sp³-hybridized carbons (Fsp3) is 0.133. The zero-order valence-corrected chi connectivity index (χ0v) is 12.9. The van der Waals surface area contributed by atoms with Crippen molar-refractivity contribution in [1.82, 2.24) is 4.90 Å². The zero-order valence-electron chi connectivity index (χ0n) is 11.3. The number of phenols is 1. The molecule has 21 heavy (non-hydrogen) atoms. The first-order valence-corrected chi connectivity index (χ1v) is 6.96. The van der Waals surface area contributed by atoms with E-state index in [4.69, 9.17) is 5.73 Å². The van der Waals surface area contributed by atoms with Crippen LogP contribution in [0.4, 0.5) is 10.1 Å². The van der Waals surface area contributed by atoms with Crippen molar-refractivity contribution in [1.29, 1.82) is 0 Å². The molecule has 0 saturated heterocycles. The maximum absolute atomic E-state index is 13.3. The summed E-state index contributed by atoms with van der Waals surface area (Å²) in [5.74, 6) is -0.784. The fourth-order valence-corrected chi connectivity index (χ4v) is 2.39. The van der Waals surface area contributed by atoms with Gasteiger partial charge >= 0.3 is 0 Å². The van der Waals surface area contributed by atoms with Crippen molar-refractivity contribution in [3.63, 3.8) is 0 Å². The Labute approximate surface area is 130 Å². The maximum Gasteiger partial charge on any atom is 0.255 e. The number of anilines is 1. The van der Waals surface area contributed by atoms with Gasteiger partial charge in [-0.1, -0.05) is 18.2 Å². The van der Waals surface area contributed by atoms with Crippen molar-refractivity contribution in [2.75, 3.05) is 12.8 Å². The van der Waals surface area contributed by atoms with Crippen molar-refractivity contribution < 1.29 is 14.3 Å². The van der Waals surface area contributed by atoms with Gasteiger partial charge < -0.3 is 15.7 Å². The van der Waals surface area contributed by atoms with Gasteiger partial charge in [-0.15, -0.1) is 0 Å². The Hall–Kier alpha value is -2.08. The Kier molecular flexibility index (Phi) is 4.47. The molecule has 2 aromatic carbocycles. The highest BCUT2D eigenvalue weighted by Gasteiger charge is 2.18. The summed E-state index contributed by atoms with van der Waals surface area (Å²) in [5, 5.41) is 9.73. The van der Waals surface area contributed by atoms with Gasteiger partial charge in [-0.05, 0) is 34.1 Å². The van der Waals surface area contributed by atoms with Gasteiger partial charge in [-0.3, -0.25) is 4.79 Å². The topological polar surface area (TPSA) is 66.6 Å². The number of nitrogen functional groups attached to an aromatic ring is 1. The lowest BCUT2D eigenvalue weighted by atomic mass is 10.1. The molecule has 0 heterocycles. The summed E-state index contributed by atoms with van der Waals surface area (Å²) in [6, 6.07) is 9.23. The van der Waals surface area contributed by atoms with Gasteiger partial charge in [0.1, 0.15) is 11.6 Å². The Morgan fingerprint density at radius 1 is 1.38 bits per heavy atom. The molecule has 0 saturated carbocycles. The summed E-state index contributed by atoms with van der Waals surface area (Å²) in [6.07, 6.45) is 0. The monoisotopic (exact) mass is 352 g/mol. The van der Waals surface area contributed by atoms with E-state index in [-0.39, 0.29) is 29.5 Å². The molecule has 2 aromatic rings. The van der Waals surface area contributed by atoms with Crippen LogP contribution in [0, 0.1) is 5.82 Å². The van der Waals surface area contributed by atoms with Crippen LogP contribution in [0.5, 0.6) is 5.75 Å². The number of rotatable bonds is 3. The number of para-hydroxylation sites is 1. The first-order chi connectivity index (χ1) is 9.90. The van der Waals surface area contributed by atoms with Gasteiger partial charge in [0.2, 0.25) is 0 Å². The van der Waals surface area contributed by atoms with Crippen LogP contribution in [0.1, 0.15) is 15.9 Å². The first-order valence-electron chi connectivity index (χ1n) is 6.17. The van der Waals surface area contributed by atoms with Crippen LogP contribution in [0.3, 0.4) is 0 Å². The van der Waals surface area contributed by atoms with Crippen molar-refractivity contribution in [3.8, 4) is 5.75 Å².